The monoisotopic (exact) mass is 288 g/mol. The van der Waals surface area contributed by atoms with Crippen LogP contribution in [0.3, 0.4) is 0 Å². The molecule has 94 valence electrons. The number of thioether (sulfide) groups is 1. The van der Waals surface area contributed by atoms with E-state index in [2.05, 4.69) is 12.6 Å². The van der Waals surface area contributed by atoms with Crippen LogP contribution in [-0.4, -0.2) is 26.2 Å². The first-order valence-electron chi connectivity index (χ1n) is 5.49. The molecule has 0 bridgehead atoms. The molecule has 0 unspecified atom stereocenters. The fourth-order valence-corrected chi connectivity index (χ4v) is 3.95. The molecule has 1 saturated carbocycles. The van der Waals surface area contributed by atoms with Crippen molar-refractivity contribution in [3.63, 3.8) is 0 Å². The molecule has 0 saturated heterocycles. The fraction of sp³-hybridized carbons (Fsp3) is 0.500. The third-order valence-electron chi connectivity index (χ3n) is 3.09. The standard InChI is InChI=1S/C12H16O2S3/c1-17(13,14)11-4-2-10(3-5-11)16-9-12(8-15)6-7-12/h2-5,15H,6-9H2,1H3. The molecule has 2 nitrogen and oxygen atoms in total. The number of benzene rings is 1. The third kappa shape index (κ3) is 3.42. The highest BCUT2D eigenvalue weighted by molar-refractivity contribution is 7.99. The third-order valence-corrected chi connectivity index (χ3v) is 6.25. The van der Waals surface area contributed by atoms with Gasteiger partial charge in [0, 0.05) is 16.9 Å². The van der Waals surface area contributed by atoms with E-state index in [1.807, 2.05) is 12.1 Å². The maximum absolute atomic E-state index is 11.3. The smallest absolute Gasteiger partial charge is 0.175 e. The van der Waals surface area contributed by atoms with Gasteiger partial charge in [0.25, 0.3) is 0 Å². The zero-order valence-corrected chi connectivity index (χ0v) is 12.2. The first-order chi connectivity index (χ1) is 7.95. The Bertz CT molecular complexity index is 487. The van der Waals surface area contributed by atoms with Crippen molar-refractivity contribution in [3.8, 4) is 0 Å². The summed E-state index contributed by atoms with van der Waals surface area (Å²) >= 11 is 6.16. The summed E-state index contributed by atoms with van der Waals surface area (Å²) in [6, 6.07) is 7.13. The van der Waals surface area contributed by atoms with Gasteiger partial charge in [0.15, 0.2) is 9.84 Å². The zero-order valence-electron chi connectivity index (χ0n) is 9.72. The topological polar surface area (TPSA) is 34.1 Å². The molecule has 0 N–H and O–H groups in total. The van der Waals surface area contributed by atoms with E-state index in [1.165, 1.54) is 19.1 Å². The SMILES string of the molecule is CS(=O)(=O)c1ccc(SCC2(CS)CC2)cc1. The number of thiol groups is 1. The van der Waals surface area contributed by atoms with E-state index >= 15 is 0 Å². The molecule has 1 aromatic carbocycles. The molecule has 1 aliphatic carbocycles. The Morgan fingerprint density at radius 1 is 1.29 bits per heavy atom. The van der Waals surface area contributed by atoms with Gasteiger partial charge in [-0.25, -0.2) is 8.42 Å². The first-order valence-corrected chi connectivity index (χ1v) is 9.00. The molecular formula is C12H16O2S3. The Labute approximate surface area is 113 Å². The highest BCUT2D eigenvalue weighted by Crippen LogP contribution is 2.49. The minimum atomic E-state index is -3.08. The molecule has 0 amide bonds. The van der Waals surface area contributed by atoms with Crippen LogP contribution in [0.1, 0.15) is 12.8 Å². The summed E-state index contributed by atoms with van der Waals surface area (Å²) in [6.45, 7) is 0. The first kappa shape index (κ1) is 13.3. The van der Waals surface area contributed by atoms with E-state index in [0.717, 1.165) is 16.4 Å². The molecule has 5 heteroatoms. The lowest BCUT2D eigenvalue weighted by Gasteiger charge is -2.10. The minimum absolute atomic E-state index is 0.386. The van der Waals surface area contributed by atoms with Crippen LogP contribution in [0.5, 0.6) is 0 Å². The van der Waals surface area contributed by atoms with Gasteiger partial charge in [-0.2, -0.15) is 12.6 Å². The summed E-state index contributed by atoms with van der Waals surface area (Å²) in [6.07, 6.45) is 3.77. The van der Waals surface area contributed by atoms with Gasteiger partial charge in [0.05, 0.1) is 4.90 Å². The molecule has 1 aromatic rings. The number of hydrogen-bond acceptors (Lipinski definition) is 4. The lowest BCUT2D eigenvalue weighted by atomic mass is 10.2. The Hall–Kier alpha value is -0.130. The average molecular weight is 288 g/mol. The van der Waals surface area contributed by atoms with Crippen LogP contribution in [0.25, 0.3) is 0 Å². The van der Waals surface area contributed by atoms with E-state index < -0.39 is 9.84 Å². The normalized spacial score (nSPS) is 18.0. The molecule has 0 spiro atoms. The summed E-state index contributed by atoms with van der Waals surface area (Å²) in [7, 11) is -3.08. The molecule has 17 heavy (non-hydrogen) atoms. The average Bonchev–Trinajstić information content (AvgIpc) is 3.06. The van der Waals surface area contributed by atoms with Crippen LogP contribution < -0.4 is 0 Å². The second-order valence-electron chi connectivity index (χ2n) is 4.69. The molecule has 0 atom stereocenters. The summed E-state index contributed by atoms with van der Waals surface area (Å²) in [5.41, 5.74) is 0.434. The van der Waals surface area contributed by atoms with E-state index in [0.29, 0.717) is 10.3 Å². The maximum atomic E-state index is 11.3. The lowest BCUT2D eigenvalue weighted by Crippen LogP contribution is -2.05. The quantitative estimate of drug-likeness (QED) is 0.668. The molecule has 0 aromatic heterocycles. The molecule has 1 fully saturated rings. The minimum Gasteiger partial charge on any atom is -0.224 e. The lowest BCUT2D eigenvalue weighted by molar-refractivity contribution is 0.602. The second-order valence-corrected chi connectivity index (χ2v) is 8.07. The number of sulfone groups is 1. The summed E-state index contributed by atoms with van der Waals surface area (Å²) in [5, 5.41) is 0. The predicted molar refractivity (Wildman–Crippen MR) is 75.8 cm³/mol. The Balaban J connectivity index is 1.99. The Morgan fingerprint density at radius 2 is 1.88 bits per heavy atom. The van der Waals surface area contributed by atoms with Gasteiger partial charge in [-0.3, -0.25) is 0 Å². The Morgan fingerprint density at radius 3 is 2.29 bits per heavy atom. The highest BCUT2D eigenvalue weighted by Gasteiger charge is 2.40. The van der Waals surface area contributed by atoms with Crippen LogP contribution >= 0.6 is 24.4 Å². The van der Waals surface area contributed by atoms with E-state index in [-0.39, 0.29) is 0 Å². The van der Waals surface area contributed by atoms with Crippen LogP contribution in [0.15, 0.2) is 34.1 Å². The maximum Gasteiger partial charge on any atom is 0.175 e. The number of hydrogen-bond donors (Lipinski definition) is 1. The predicted octanol–water partition coefficient (Wildman–Crippen LogP) is 2.89. The highest BCUT2D eigenvalue weighted by atomic mass is 32.2. The van der Waals surface area contributed by atoms with Gasteiger partial charge in [0.2, 0.25) is 0 Å². The molecule has 0 aliphatic heterocycles. The summed E-state index contributed by atoms with van der Waals surface area (Å²) < 4.78 is 22.6. The van der Waals surface area contributed by atoms with Gasteiger partial charge in [-0.1, -0.05) is 0 Å². The van der Waals surface area contributed by atoms with Gasteiger partial charge >= 0.3 is 0 Å². The van der Waals surface area contributed by atoms with Crippen LogP contribution in [0.4, 0.5) is 0 Å². The zero-order chi connectivity index (χ0) is 12.5. The summed E-state index contributed by atoms with van der Waals surface area (Å²) in [5.74, 6) is 2.02. The van der Waals surface area contributed by atoms with Crippen molar-refractivity contribution in [1.82, 2.24) is 0 Å². The Kier molecular flexibility index (Phi) is 3.80. The van der Waals surface area contributed by atoms with Gasteiger partial charge in [-0.15, -0.1) is 11.8 Å². The van der Waals surface area contributed by atoms with E-state index in [9.17, 15) is 8.42 Å². The molecular weight excluding hydrogens is 272 g/mol. The van der Waals surface area contributed by atoms with Crippen LogP contribution in [0.2, 0.25) is 0 Å². The van der Waals surface area contributed by atoms with Crippen molar-refractivity contribution in [3.05, 3.63) is 24.3 Å². The molecule has 0 radical (unpaired) electrons. The second kappa shape index (κ2) is 4.86. The van der Waals surface area contributed by atoms with Crippen molar-refractivity contribution in [1.29, 1.82) is 0 Å². The van der Waals surface area contributed by atoms with E-state index in [4.69, 9.17) is 0 Å². The fourth-order valence-electron chi connectivity index (χ4n) is 1.54. The van der Waals surface area contributed by atoms with Crippen molar-refractivity contribution in [2.45, 2.75) is 22.6 Å². The van der Waals surface area contributed by atoms with Crippen molar-refractivity contribution < 1.29 is 8.42 Å². The van der Waals surface area contributed by atoms with Crippen molar-refractivity contribution in [2.24, 2.45) is 5.41 Å². The number of rotatable bonds is 5. The van der Waals surface area contributed by atoms with Gasteiger partial charge in [-0.05, 0) is 48.3 Å². The summed E-state index contributed by atoms with van der Waals surface area (Å²) in [4.78, 5) is 1.52. The molecule has 1 aliphatic rings. The van der Waals surface area contributed by atoms with Crippen LogP contribution in [-0.2, 0) is 9.84 Å². The van der Waals surface area contributed by atoms with Crippen molar-refractivity contribution in [2.75, 3.05) is 17.8 Å². The van der Waals surface area contributed by atoms with Crippen LogP contribution in [0, 0.1) is 5.41 Å². The largest absolute Gasteiger partial charge is 0.224 e. The molecule has 0 heterocycles. The van der Waals surface area contributed by atoms with E-state index in [1.54, 1.807) is 23.9 Å². The molecule has 2 rings (SSSR count). The van der Waals surface area contributed by atoms with Crippen molar-refractivity contribution >= 4 is 34.2 Å². The van der Waals surface area contributed by atoms with Gasteiger partial charge in [0.1, 0.15) is 0 Å². The van der Waals surface area contributed by atoms with Gasteiger partial charge < -0.3 is 0 Å².